The highest BCUT2D eigenvalue weighted by atomic mass is 32.1. The van der Waals surface area contributed by atoms with Crippen molar-refractivity contribution in [1.29, 1.82) is 0 Å². The van der Waals surface area contributed by atoms with Gasteiger partial charge in [0, 0.05) is 18.0 Å². The maximum atomic E-state index is 12.3. The van der Waals surface area contributed by atoms with Gasteiger partial charge in [-0.15, -0.1) is 5.10 Å². The lowest BCUT2D eigenvalue weighted by atomic mass is 10.1. The second-order valence-corrected chi connectivity index (χ2v) is 7.00. The summed E-state index contributed by atoms with van der Waals surface area (Å²) in [6.07, 6.45) is 1.87. The Morgan fingerprint density at radius 1 is 1.28 bits per heavy atom. The molecule has 0 unspecified atom stereocenters. The minimum absolute atomic E-state index is 0.166. The Kier molecular flexibility index (Phi) is 3.89. The fraction of sp³-hybridized carbons (Fsp3) is 0.158. The fourth-order valence-corrected chi connectivity index (χ4v) is 3.82. The van der Waals surface area contributed by atoms with Gasteiger partial charge in [0.25, 0.3) is 0 Å². The van der Waals surface area contributed by atoms with Gasteiger partial charge in [-0.1, -0.05) is 35.6 Å². The molecule has 1 N–H and O–H groups in total. The molecule has 0 saturated carbocycles. The number of benzene rings is 2. The van der Waals surface area contributed by atoms with Crippen molar-refractivity contribution >= 4 is 38.4 Å². The number of hydrogen-bond donors (Lipinski definition) is 1. The first-order chi connectivity index (χ1) is 12.1. The monoisotopic (exact) mass is 351 g/mol. The second kappa shape index (κ2) is 6.22. The van der Waals surface area contributed by atoms with Gasteiger partial charge in [0.1, 0.15) is 5.58 Å². The van der Waals surface area contributed by atoms with Gasteiger partial charge in [0.15, 0.2) is 0 Å². The predicted octanol–water partition coefficient (Wildman–Crippen LogP) is 3.47. The summed E-state index contributed by atoms with van der Waals surface area (Å²) < 4.78 is 8.64. The lowest BCUT2D eigenvalue weighted by molar-refractivity contribution is -0.120. The molecule has 0 spiro atoms. The minimum atomic E-state index is -0.166. The van der Waals surface area contributed by atoms with Crippen molar-refractivity contribution in [3.63, 3.8) is 0 Å². The van der Waals surface area contributed by atoms with E-state index in [1.165, 1.54) is 0 Å². The molecule has 2 aromatic carbocycles. The summed E-state index contributed by atoms with van der Waals surface area (Å²) in [4.78, 5) is 13.0. The van der Waals surface area contributed by atoms with Gasteiger partial charge in [-0.2, -0.15) is 0 Å². The number of aryl methyl sites for hydroxylation is 2. The van der Waals surface area contributed by atoms with Crippen molar-refractivity contribution in [3.05, 3.63) is 64.7 Å². The lowest BCUT2D eigenvalue weighted by Crippen LogP contribution is -2.24. The number of fused-ring (bicyclic) bond motifs is 2. The number of nitrogens with one attached hydrogen (secondary N) is 1. The van der Waals surface area contributed by atoms with Crippen LogP contribution in [-0.4, -0.2) is 10.5 Å². The highest BCUT2D eigenvalue weighted by Crippen LogP contribution is 2.22. The van der Waals surface area contributed by atoms with Gasteiger partial charge in [0.2, 0.25) is 10.7 Å². The average molecular weight is 351 g/mol. The topological polar surface area (TPSA) is 59.5 Å². The van der Waals surface area contributed by atoms with Crippen LogP contribution in [0.1, 0.15) is 11.1 Å². The standard InChI is InChI=1S/C19H17N3O2S/c1-12-7-8-14-13(11-24-16(14)9-12)10-18(23)20-21-19-22(2)15-5-3-4-6-17(15)25-19/h3-9,11H,10H2,1-2H3,(H,20,23)/b21-19-. The Hall–Kier alpha value is -2.86. The van der Waals surface area contributed by atoms with Gasteiger partial charge < -0.3 is 8.98 Å². The Balaban J connectivity index is 1.56. The molecule has 0 bridgehead atoms. The maximum absolute atomic E-state index is 12.3. The van der Waals surface area contributed by atoms with Crippen LogP contribution in [0, 0.1) is 6.92 Å². The first kappa shape index (κ1) is 15.7. The van der Waals surface area contributed by atoms with E-state index in [1.54, 1.807) is 17.6 Å². The Labute approximate surface area is 148 Å². The number of hydrogen-bond acceptors (Lipinski definition) is 4. The van der Waals surface area contributed by atoms with E-state index in [-0.39, 0.29) is 12.3 Å². The normalized spacial score (nSPS) is 12.2. The molecule has 0 radical (unpaired) electrons. The molecule has 1 amide bonds. The van der Waals surface area contributed by atoms with Crippen molar-refractivity contribution in [1.82, 2.24) is 9.99 Å². The van der Waals surface area contributed by atoms with Crippen LogP contribution in [0.3, 0.4) is 0 Å². The third kappa shape index (κ3) is 2.96. The third-order valence-corrected chi connectivity index (χ3v) is 5.27. The first-order valence-corrected chi connectivity index (χ1v) is 8.77. The molecule has 0 saturated heterocycles. The van der Waals surface area contributed by atoms with Crippen molar-refractivity contribution in [3.8, 4) is 0 Å². The van der Waals surface area contributed by atoms with E-state index >= 15 is 0 Å². The molecule has 6 heteroatoms. The van der Waals surface area contributed by atoms with Crippen molar-refractivity contribution < 1.29 is 9.21 Å². The Bertz CT molecular complexity index is 1150. The number of nitrogens with zero attached hydrogens (tertiary/aromatic N) is 2. The largest absolute Gasteiger partial charge is 0.464 e. The highest BCUT2D eigenvalue weighted by Gasteiger charge is 2.10. The number of furan rings is 1. The number of carbonyl (C=O) groups excluding carboxylic acids is 1. The molecular formula is C19H17N3O2S. The van der Waals surface area contributed by atoms with Crippen molar-refractivity contribution in [2.45, 2.75) is 13.3 Å². The summed E-state index contributed by atoms with van der Waals surface area (Å²) in [6.45, 7) is 2.01. The van der Waals surface area contributed by atoms with Crippen LogP contribution in [0.5, 0.6) is 0 Å². The van der Waals surface area contributed by atoms with Crippen LogP contribution < -0.4 is 10.2 Å². The quantitative estimate of drug-likeness (QED) is 0.575. The summed E-state index contributed by atoms with van der Waals surface area (Å²) in [5, 5.41) is 5.23. The number of rotatable bonds is 3. The molecule has 2 aromatic heterocycles. The predicted molar refractivity (Wildman–Crippen MR) is 99.2 cm³/mol. The lowest BCUT2D eigenvalue weighted by Gasteiger charge is -1.99. The minimum Gasteiger partial charge on any atom is -0.464 e. The molecule has 0 fully saturated rings. The number of amides is 1. The van der Waals surface area contributed by atoms with Crippen molar-refractivity contribution in [2.24, 2.45) is 12.1 Å². The van der Waals surface area contributed by atoms with Gasteiger partial charge >= 0.3 is 0 Å². The zero-order chi connectivity index (χ0) is 17.4. The molecule has 25 heavy (non-hydrogen) atoms. The molecule has 4 aromatic rings. The fourth-order valence-electron chi connectivity index (χ4n) is 2.84. The van der Waals surface area contributed by atoms with Crippen LogP contribution in [0.15, 0.2) is 58.2 Å². The second-order valence-electron chi connectivity index (χ2n) is 6.00. The molecule has 0 aliphatic carbocycles. The van der Waals surface area contributed by atoms with Gasteiger partial charge in [0.05, 0.1) is 22.9 Å². The van der Waals surface area contributed by atoms with Gasteiger partial charge in [-0.05, 0) is 30.7 Å². The number of aromatic nitrogens is 1. The van der Waals surface area contributed by atoms with E-state index < -0.39 is 0 Å². The molecule has 0 aliphatic rings. The van der Waals surface area contributed by atoms with Gasteiger partial charge in [-0.3, -0.25) is 4.79 Å². The molecule has 5 nitrogen and oxygen atoms in total. The maximum Gasteiger partial charge on any atom is 0.244 e. The summed E-state index contributed by atoms with van der Waals surface area (Å²) in [6, 6.07) is 14.0. The zero-order valence-electron chi connectivity index (χ0n) is 13.9. The summed E-state index contributed by atoms with van der Waals surface area (Å²) >= 11 is 1.54. The molecule has 2 heterocycles. The van der Waals surface area contributed by atoms with Crippen LogP contribution in [0.25, 0.3) is 21.2 Å². The highest BCUT2D eigenvalue weighted by molar-refractivity contribution is 7.16. The third-order valence-electron chi connectivity index (χ3n) is 4.15. The van der Waals surface area contributed by atoms with Crippen LogP contribution in [-0.2, 0) is 18.3 Å². The molecular weight excluding hydrogens is 334 g/mol. The van der Waals surface area contributed by atoms with E-state index in [0.29, 0.717) is 0 Å². The smallest absolute Gasteiger partial charge is 0.244 e. The van der Waals surface area contributed by atoms with Crippen molar-refractivity contribution in [2.75, 3.05) is 0 Å². The van der Waals surface area contributed by atoms with E-state index in [1.807, 2.05) is 61.0 Å². The first-order valence-electron chi connectivity index (χ1n) is 7.96. The van der Waals surface area contributed by atoms with Crippen LogP contribution in [0.4, 0.5) is 0 Å². The summed E-state index contributed by atoms with van der Waals surface area (Å²) in [7, 11) is 1.94. The van der Waals surface area contributed by atoms with E-state index in [4.69, 9.17) is 4.42 Å². The number of para-hydroxylation sites is 1. The van der Waals surface area contributed by atoms with Crippen LogP contribution in [0.2, 0.25) is 0 Å². The molecule has 0 atom stereocenters. The SMILES string of the molecule is Cc1ccc2c(CC(=O)N/N=c3\sc4ccccc4n3C)coc2c1. The molecule has 0 aliphatic heterocycles. The molecule has 126 valence electrons. The summed E-state index contributed by atoms with van der Waals surface area (Å²) in [5.41, 5.74) is 6.54. The Morgan fingerprint density at radius 3 is 2.96 bits per heavy atom. The molecule has 4 rings (SSSR count). The average Bonchev–Trinajstić information content (AvgIpc) is 3.14. The summed E-state index contributed by atoms with van der Waals surface area (Å²) in [5.74, 6) is -0.166. The Morgan fingerprint density at radius 2 is 2.12 bits per heavy atom. The number of carbonyl (C=O) groups is 1. The van der Waals surface area contributed by atoms with E-state index in [0.717, 1.165) is 37.1 Å². The van der Waals surface area contributed by atoms with Gasteiger partial charge in [-0.25, -0.2) is 5.43 Å². The number of thiazole rings is 1. The van der Waals surface area contributed by atoms with Crippen LogP contribution >= 0.6 is 11.3 Å². The van der Waals surface area contributed by atoms with E-state index in [9.17, 15) is 4.79 Å². The van der Waals surface area contributed by atoms with E-state index in [2.05, 4.69) is 10.5 Å². The zero-order valence-corrected chi connectivity index (χ0v) is 14.8.